The Labute approximate surface area is 198 Å². The summed E-state index contributed by atoms with van der Waals surface area (Å²) in [7, 11) is 1.48. The maximum Gasteiger partial charge on any atom is 0.261 e. The number of aryl methyl sites for hydroxylation is 1. The van der Waals surface area contributed by atoms with E-state index in [-0.39, 0.29) is 11.8 Å². The van der Waals surface area contributed by atoms with Crippen molar-refractivity contribution >= 4 is 40.5 Å². The standard InChI is InChI=1S/C23H20N8O2S/c1-14-13-19(29-28-14)26-20-18-6-4-12-31(18)30-23(27-20)34-16-9-7-15(8-10-16)25-21(32)17-5-3-11-24-22(17)33-2/h3-13H,1-2H3,(H,25,32)(H2,26,27,28,29,30). The van der Waals surface area contributed by atoms with Gasteiger partial charge in [-0.1, -0.05) is 0 Å². The average molecular weight is 473 g/mol. The number of methoxy groups -OCH3 is 1. The number of anilines is 3. The fourth-order valence-corrected chi connectivity index (χ4v) is 4.04. The van der Waals surface area contributed by atoms with Crippen molar-refractivity contribution in [3.8, 4) is 5.88 Å². The summed E-state index contributed by atoms with van der Waals surface area (Å²) in [6.07, 6.45) is 3.44. The van der Waals surface area contributed by atoms with E-state index in [0.29, 0.717) is 28.0 Å². The van der Waals surface area contributed by atoms with Crippen LogP contribution in [0.5, 0.6) is 5.88 Å². The summed E-state index contributed by atoms with van der Waals surface area (Å²) in [4.78, 5) is 22.2. The van der Waals surface area contributed by atoms with Crippen molar-refractivity contribution in [2.24, 2.45) is 0 Å². The monoisotopic (exact) mass is 472 g/mol. The van der Waals surface area contributed by atoms with E-state index in [4.69, 9.17) is 4.74 Å². The molecule has 0 bridgehead atoms. The molecule has 0 saturated heterocycles. The van der Waals surface area contributed by atoms with Gasteiger partial charge in [-0.2, -0.15) is 5.10 Å². The molecule has 0 fully saturated rings. The van der Waals surface area contributed by atoms with Crippen LogP contribution >= 0.6 is 11.8 Å². The van der Waals surface area contributed by atoms with Gasteiger partial charge in [-0.25, -0.2) is 14.5 Å². The highest BCUT2D eigenvalue weighted by Gasteiger charge is 2.14. The predicted molar refractivity (Wildman–Crippen MR) is 129 cm³/mol. The van der Waals surface area contributed by atoms with Crippen LogP contribution in [0.1, 0.15) is 16.1 Å². The number of nitrogens with one attached hydrogen (secondary N) is 3. The Hall–Kier alpha value is -4.38. The molecule has 4 aromatic heterocycles. The summed E-state index contributed by atoms with van der Waals surface area (Å²) in [5.74, 6) is 1.32. The molecule has 170 valence electrons. The third-order valence-electron chi connectivity index (χ3n) is 4.85. The highest BCUT2D eigenvalue weighted by Crippen LogP contribution is 2.29. The van der Waals surface area contributed by atoms with Gasteiger partial charge in [-0.3, -0.25) is 9.89 Å². The molecule has 0 aliphatic heterocycles. The number of aromatic nitrogens is 6. The summed E-state index contributed by atoms with van der Waals surface area (Å²) >= 11 is 1.41. The molecular weight excluding hydrogens is 452 g/mol. The van der Waals surface area contributed by atoms with Crippen LogP contribution in [0, 0.1) is 6.92 Å². The summed E-state index contributed by atoms with van der Waals surface area (Å²) in [5.41, 5.74) is 2.81. The number of nitrogens with zero attached hydrogens (tertiary/aromatic N) is 5. The minimum Gasteiger partial charge on any atom is -0.480 e. The van der Waals surface area contributed by atoms with Crippen LogP contribution in [-0.2, 0) is 0 Å². The van der Waals surface area contributed by atoms with Crippen molar-refractivity contribution in [1.29, 1.82) is 0 Å². The quantitative estimate of drug-likeness (QED) is 0.320. The van der Waals surface area contributed by atoms with E-state index < -0.39 is 0 Å². The topological polar surface area (TPSA) is 122 Å². The SMILES string of the molecule is COc1ncccc1C(=O)Nc1ccc(Sc2nc(Nc3cc(C)[nH]n3)c3cccn3n2)cc1. The first kappa shape index (κ1) is 21.5. The molecule has 0 saturated carbocycles. The fourth-order valence-electron chi connectivity index (χ4n) is 3.29. The third-order valence-corrected chi connectivity index (χ3v) is 5.72. The highest BCUT2D eigenvalue weighted by atomic mass is 32.2. The summed E-state index contributed by atoms with van der Waals surface area (Å²) in [5, 5.41) is 18.4. The molecule has 1 amide bonds. The second-order valence-electron chi connectivity index (χ2n) is 7.28. The van der Waals surface area contributed by atoms with Crippen molar-refractivity contribution in [3.63, 3.8) is 0 Å². The summed E-state index contributed by atoms with van der Waals surface area (Å²) in [6, 6.07) is 16.5. The Morgan fingerprint density at radius 1 is 1.15 bits per heavy atom. The zero-order valence-electron chi connectivity index (χ0n) is 18.3. The van der Waals surface area contributed by atoms with Gasteiger partial charge in [0, 0.05) is 34.7 Å². The normalized spacial score (nSPS) is 10.9. The third kappa shape index (κ3) is 4.55. The number of carbonyl (C=O) groups excluding carboxylic acids is 1. The number of carbonyl (C=O) groups is 1. The van der Waals surface area contributed by atoms with Gasteiger partial charge in [0.2, 0.25) is 11.0 Å². The van der Waals surface area contributed by atoms with Crippen LogP contribution in [0.4, 0.5) is 17.3 Å². The molecular formula is C23H20N8O2S. The molecule has 0 unspecified atom stereocenters. The van der Waals surface area contributed by atoms with Crippen molar-refractivity contribution in [1.82, 2.24) is 29.8 Å². The molecule has 3 N–H and O–H groups in total. The number of ether oxygens (including phenoxy) is 1. The van der Waals surface area contributed by atoms with Crippen molar-refractivity contribution in [2.75, 3.05) is 17.7 Å². The molecule has 5 rings (SSSR count). The second-order valence-corrected chi connectivity index (χ2v) is 8.32. The molecule has 34 heavy (non-hydrogen) atoms. The summed E-state index contributed by atoms with van der Waals surface area (Å²) < 4.78 is 6.93. The lowest BCUT2D eigenvalue weighted by atomic mass is 10.2. The van der Waals surface area contributed by atoms with Crippen molar-refractivity contribution in [2.45, 2.75) is 17.0 Å². The first-order chi connectivity index (χ1) is 16.6. The van der Waals surface area contributed by atoms with Gasteiger partial charge in [0.15, 0.2) is 11.6 Å². The zero-order valence-corrected chi connectivity index (χ0v) is 19.1. The minimum atomic E-state index is -0.295. The number of amides is 1. The molecule has 0 aliphatic carbocycles. The van der Waals surface area contributed by atoms with Gasteiger partial charge in [-0.15, -0.1) is 5.10 Å². The zero-order chi connectivity index (χ0) is 23.5. The molecule has 1 aromatic carbocycles. The van der Waals surface area contributed by atoms with E-state index in [2.05, 4.69) is 35.9 Å². The Morgan fingerprint density at radius 2 is 2.00 bits per heavy atom. The van der Waals surface area contributed by atoms with Gasteiger partial charge in [0.05, 0.1) is 7.11 Å². The van der Waals surface area contributed by atoms with E-state index in [9.17, 15) is 4.79 Å². The van der Waals surface area contributed by atoms with E-state index in [1.54, 1.807) is 22.8 Å². The first-order valence-corrected chi connectivity index (χ1v) is 11.1. The van der Waals surface area contributed by atoms with Gasteiger partial charge in [0.25, 0.3) is 5.91 Å². The van der Waals surface area contributed by atoms with E-state index in [1.165, 1.54) is 18.9 Å². The van der Waals surface area contributed by atoms with Crippen LogP contribution in [0.25, 0.3) is 5.52 Å². The smallest absolute Gasteiger partial charge is 0.261 e. The molecule has 0 aliphatic rings. The van der Waals surface area contributed by atoms with Crippen LogP contribution in [-0.4, -0.2) is 42.8 Å². The molecule has 4 heterocycles. The lowest BCUT2D eigenvalue weighted by Gasteiger charge is -2.09. The van der Waals surface area contributed by atoms with Crippen LogP contribution in [0.15, 0.2) is 77.0 Å². The van der Waals surface area contributed by atoms with Crippen LogP contribution in [0.3, 0.4) is 0 Å². The Morgan fingerprint density at radius 3 is 2.76 bits per heavy atom. The van der Waals surface area contributed by atoms with Gasteiger partial charge < -0.3 is 15.4 Å². The Bertz CT molecular complexity index is 1460. The summed E-state index contributed by atoms with van der Waals surface area (Å²) in [6.45, 7) is 1.94. The van der Waals surface area contributed by atoms with E-state index >= 15 is 0 Å². The van der Waals surface area contributed by atoms with Crippen LogP contribution < -0.4 is 15.4 Å². The maximum atomic E-state index is 12.6. The van der Waals surface area contributed by atoms with E-state index in [1.807, 2.05) is 55.6 Å². The number of hydrogen-bond donors (Lipinski definition) is 3. The van der Waals surface area contributed by atoms with Crippen molar-refractivity contribution < 1.29 is 9.53 Å². The molecule has 11 heteroatoms. The number of H-pyrrole nitrogens is 1. The largest absolute Gasteiger partial charge is 0.480 e. The maximum absolute atomic E-state index is 12.6. The van der Waals surface area contributed by atoms with Gasteiger partial charge >= 0.3 is 0 Å². The number of rotatable bonds is 7. The predicted octanol–water partition coefficient (Wildman–Crippen LogP) is 4.31. The van der Waals surface area contributed by atoms with Crippen LogP contribution in [0.2, 0.25) is 0 Å². The number of aromatic amines is 1. The van der Waals surface area contributed by atoms with Gasteiger partial charge in [-0.05, 0) is 67.2 Å². The van der Waals surface area contributed by atoms with Crippen molar-refractivity contribution in [3.05, 3.63) is 78.2 Å². The minimum absolute atomic E-state index is 0.277. The second kappa shape index (κ2) is 9.24. The molecule has 0 atom stereocenters. The lowest BCUT2D eigenvalue weighted by Crippen LogP contribution is -2.13. The first-order valence-electron chi connectivity index (χ1n) is 10.3. The number of fused-ring (bicyclic) bond motifs is 1. The number of benzene rings is 1. The Balaban J connectivity index is 1.33. The molecule has 0 spiro atoms. The van der Waals surface area contributed by atoms with E-state index in [0.717, 1.165) is 16.1 Å². The fraction of sp³-hybridized carbons (Fsp3) is 0.0870. The highest BCUT2D eigenvalue weighted by molar-refractivity contribution is 7.99. The molecule has 5 aromatic rings. The molecule has 0 radical (unpaired) electrons. The Kier molecular flexibility index (Phi) is 5.83. The van der Waals surface area contributed by atoms with Gasteiger partial charge in [0.1, 0.15) is 11.1 Å². The average Bonchev–Trinajstić information content (AvgIpc) is 3.49. The number of hydrogen-bond acceptors (Lipinski definition) is 8. The molecule has 10 nitrogen and oxygen atoms in total. The lowest BCUT2D eigenvalue weighted by molar-refractivity contribution is 0.102. The number of pyridine rings is 1.